The second kappa shape index (κ2) is 4.41. The van der Waals surface area contributed by atoms with Crippen molar-refractivity contribution in [3.63, 3.8) is 0 Å². The molecule has 1 aromatic rings. The third-order valence-corrected chi connectivity index (χ3v) is 3.12. The van der Waals surface area contributed by atoms with E-state index >= 15 is 0 Å². The van der Waals surface area contributed by atoms with E-state index in [0.29, 0.717) is 36.3 Å². The first-order chi connectivity index (χ1) is 7.59. The fraction of sp³-hybridized carbons (Fsp3) is 0.818. The van der Waals surface area contributed by atoms with Crippen molar-refractivity contribution in [2.45, 2.75) is 45.6 Å². The average Bonchev–Trinajstić information content (AvgIpc) is 2.75. The van der Waals surface area contributed by atoms with Crippen LogP contribution in [0, 0.1) is 5.41 Å². The Morgan fingerprint density at radius 1 is 1.50 bits per heavy atom. The summed E-state index contributed by atoms with van der Waals surface area (Å²) in [4.78, 5) is 0. The van der Waals surface area contributed by atoms with E-state index in [1.807, 2.05) is 0 Å². The van der Waals surface area contributed by atoms with Crippen LogP contribution in [0.4, 0.5) is 6.01 Å². The van der Waals surface area contributed by atoms with Gasteiger partial charge in [0.1, 0.15) is 0 Å². The number of nitrogens with one attached hydrogen (secondary N) is 1. The maximum Gasteiger partial charge on any atom is 0.315 e. The second-order valence-corrected chi connectivity index (χ2v) is 5.29. The second-order valence-electron chi connectivity index (χ2n) is 5.29. The molecule has 16 heavy (non-hydrogen) atoms. The minimum atomic E-state index is 0.428. The Kier molecular flexibility index (Phi) is 3.14. The van der Waals surface area contributed by atoms with Crippen molar-refractivity contribution < 1.29 is 4.42 Å². The van der Waals surface area contributed by atoms with Gasteiger partial charge in [-0.15, -0.1) is 5.10 Å². The molecule has 1 aromatic heterocycles. The lowest BCUT2D eigenvalue weighted by atomic mass is 9.92. The molecule has 2 rings (SSSR count). The zero-order valence-corrected chi connectivity index (χ0v) is 9.99. The van der Waals surface area contributed by atoms with Crippen LogP contribution in [0.3, 0.4) is 0 Å². The van der Waals surface area contributed by atoms with E-state index in [4.69, 9.17) is 10.2 Å². The van der Waals surface area contributed by atoms with Gasteiger partial charge in [0.15, 0.2) is 0 Å². The van der Waals surface area contributed by atoms with Crippen LogP contribution in [0.25, 0.3) is 0 Å². The lowest BCUT2D eigenvalue weighted by Crippen LogP contribution is -2.17. The van der Waals surface area contributed by atoms with E-state index in [1.165, 1.54) is 12.8 Å². The van der Waals surface area contributed by atoms with Crippen LogP contribution in [-0.2, 0) is 6.42 Å². The first-order valence-corrected chi connectivity index (χ1v) is 5.88. The van der Waals surface area contributed by atoms with Crippen LogP contribution in [0.2, 0.25) is 0 Å². The SMILES string of the molecule is CC1(C)CCC(Nc2nnc(CCN)o2)C1. The highest BCUT2D eigenvalue weighted by molar-refractivity contribution is 5.20. The minimum absolute atomic E-state index is 0.428. The molecule has 0 bridgehead atoms. The van der Waals surface area contributed by atoms with E-state index < -0.39 is 0 Å². The molecule has 0 radical (unpaired) electrons. The van der Waals surface area contributed by atoms with Crippen LogP contribution in [0.1, 0.15) is 39.0 Å². The van der Waals surface area contributed by atoms with Crippen LogP contribution < -0.4 is 11.1 Å². The molecule has 1 saturated carbocycles. The van der Waals surface area contributed by atoms with Gasteiger partial charge in [-0.25, -0.2) is 0 Å². The molecule has 1 unspecified atom stereocenters. The van der Waals surface area contributed by atoms with Crippen LogP contribution in [0.5, 0.6) is 0 Å². The molecule has 90 valence electrons. The number of rotatable bonds is 4. The molecule has 0 aliphatic heterocycles. The van der Waals surface area contributed by atoms with Crippen LogP contribution >= 0.6 is 0 Å². The molecule has 5 nitrogen and oxygen atoms in total. The highest BCUT2D eigenvalue weighted by Crippen LogP contribution is 2.38. The van der Waals surface area contributed by atoms with Gasteiger partial charge in [0.05, 0.1) is 0 Å². The van der Waals surface area contributed by atoms with Gasteiger partial charge in [-0.3, -0.25) is 0 Å². The molecule has 5 heteroatoms. The minimum Gasteiger partial charge on any atom is -0.408 e. The Balaban J connectivity index is 1.89. The van der Waals surface area contributed by atoms with E-state index in [0.717, 1.165) is 6.42 Å². The lowest BCUT2D eigenvalue weighted by molar-refractivity contribution is 0.377. The molecule has 3 N–H and O–H groups in total. The molecule has 0 saturated heterocycles. The maximum atomic E-state index is 5.44. The Morgan fingerprint density at radius 3 is 2.94 bits per heavy atom. The maximum absolute atomic E-state index is 5.44. The molecule has 1 atom stereocenters. The molecular weight excluding hydrogens is 204 g/mol. The van der Waals surface area contributed by atoms with Gasteiger partial charge in [0.2, 0.25) is 5.89 Å². The number of hydrogen-bond donors (Lipinski definition) is 2. The zero-order chi connectivity index (χ0) is 11.6. The first kappa shape index (κ1) is 11.4. The monoisotopic (exact) mass is 224 g/mol. The normalized spacial score (nSPS) is 23.6. The molecule has 1 heterocycles. The molecule has 1 fully saturated rings. The Labute approximate surface area is 95.8 Å². The van der Waals surface area contributed by atoms with Crippen molar-refractivity contribution in [1.82, 2.24) is 10.2 Å². The number of aromatic nitrogens is 2. The summed E-state index contributed by atoms with van der Waals surface area (Å²) in [5.41, 5.74) is 5.85. The summed E-state index contributed by atoms with van der Waals surface area (Å²) in [6.07, 6.45) is 4.21. The van der Waals surface area contributed by atoms with Gasteiger partial charge in [0.25, 0.3) is 0 Å². The average molecular weight is 224 g/mol. The smallest absolute Gasteiger partial charge is 0.315 e. The largest absolute Gasteiger partial charge is 0.408 e. The number of anilines is 1. The van der Waals surface area contributed by atoms with Gasteiger partial charge >= 0.3 is 6.01 Å². The Morgan fingerprint density at radius 2 is 2.31 bits per heavy atom. The highest BCUT2D eigenvalue weighted by Gasteiger charge is 2.31. The predicted octanol–water partition coefficient (Wildman–Crippen LogP) is 1.56. The molecule has 1 aliphatic carbocycles. The first-order valence-electron chi connectivity index (χ1n) is 5.88. The fourth-order valence-corrected chi connectivity index (χ4v) is 2.27. The Hall–Kier alpha value is -1.10. The molecular formula is C11H20N4O. The fourth-order valence-electron chi connectivity index (χ4n) is 2.27. The lowest BCUT2D eigenvalue weighted by Gasteiger charge is -2.16. The van der Waals surface area contributed by atoms with Gasteiger partial charge in [-0.1, -0.05) is 18.9 Å². The van der Waals surface area contributed by atoms with Gasteiger partial charge < -0.3 is 15.5 Å². The number of nitrogens with two attached hydrogens (primary N) is 1. The van der Waals surface area contributed by atoms with E-state index in [-0.39, 0.29) is 0 Å². The van der Waals surface area contributed by atoms with Crippen molar-refractivity contribution in [1.29, 1.82) is 0 Å². The van der Waals surface area contributed by atoms with Crippen LogP contribution in [0.15, 0.2) is 4.42 Å². The summed E-state index contributed by atoms with van der Waals surface area (Å²) in [5, 5.41) is 11.2. The molecule has 1 aliphatic rings. The Bertz CT molecular complexity index is 348. The topological polar surface area (TPSA) is 77.0 Å². The van der Waals surface area contributed by atoms with Gasteiger partial charge in [-0.2, -0.15) is 0 Å². The van der Waals surface area contributed by atoms with E-state index in [1.54, 1.807) is 0 Å². The summed E-state index contributed by atoms with van der Waals surface area (Å²) in [6, 6.07) is 0.993. The standard InChI is InChI=1S/C11H20N4O/c1-11(2)5-3-8(7-11)13-10-15-14-9(16-10)4-6-12/h8H,3-7,12H2,1-2H3,(H,13,15). The predicted molar refractivity (Wildman–Crippen MR) is 62.1 cm³/mol. The van der Waals surface area contributed by atoms with Crippen molar-refractivity contribution in [2.75, 3.05) is 11.9 Å². The summed E-state index contributed by atoms with van der Waals surface area (Å²) < 4.78 is 5.44. The van der Waals surface area contributed by atoms with Crippen molar-refractivity contribution in [2.24, 2.45) is 11.1 Å². The highest BCUT2D eigenvalue weighted by atomic mass is 16.4. The van der Waals surface area contributed by atoms with E-state index in [9.17, 15) is 0 Å². The van der Waals surface area contributed by atoms with Gasteiger partial charge in [0, 0.05) is 19.0 Å². The zero-order valence-electron chi connectivity index (χ0n) is 9.99. The van der Waals surface area contributed by atoms with Crippen molar-refractivity contribution >= 4 is 6.01 Å². The molecule has 0 aromatic carbocycles. The summed E-state index contributed by atoms with van der Waals surface area (Å²) in [7, 11) is 0. The summed E-state index contributed by atoms with van der Waals surface area (Å²) in [6.45, 7) is 5.13. The summed E-state index contributed by atoms with van der Waals surface area (Å²) >= 11 is 0. The summed E-state index contributed by atoms with van der Waals surface area (Å²) in [5.74, 6) is 0.613. The van der Waals surface area contributed by atoms with Gasteiger partial charge in [-0.05, 0) is 24.7 Å². The van der Waals surface area contributed by atoms with E-state index in [2.05, 4.69) is 29.4 Å². The number of hydrogen-bond acceptors (Lipinski definition) is 5. The molecule has 0 amide bonds. The molecule has 0 spiro atoms. The van der Waals surface area contributed by atoms with Crippen LogP contribution in [-0.4, -0.2) is 22.8 Å². The third kappa shape index (κ3) is 2.72. The van der Waals surface area contributed by atoms with Crippen molar-refractivity contribution in [3.8, 4) is 0 Å². The van der Waals surface area contributed by atoms with Crippen molar-refractivity contribution in [3.05, 3.63) is 5.89 Å². The number of nitrogens with zero attached hydrogens (tertiary/aromatic N) is 2. The third-order valence-electron chi connectivity index (χ3n) is 3.12. The quantitative estimate of drug-likeness (QED) is 0.811.